The van der Waals surface area contributed by atoms with Gasteiger partial charge < -0.3 is 29.6 Å². The first-order valence-electron chi connectivity index (χ1n) is 10.7. The van der Waals surface area contributed by atoms with Gasteiger partial charge >= 0.3 is 12.5 Å². The lowest BCUT2D eigenvalue weighted by molar-refractivity contribution is -0.286. The molecule has 4 aliphatic rings. The highest BCUT2D eigenvalue weighted by atomic mass is 19.4. The molecule has 0 spiro atoms. The number of nitrogens with zero attached hydrogens (tertiary/aromatic N) is 1. The molecule has 3 fully saturated rings. The third-order valence-corrected chi connectivity index (χ3v) is 5.98. The normalized spacial score (nSPS) is 24.7. The van der Waals surface area contributed by atoms with Crippen molar-refractivity contribution in [2.24, 2.45) is 0 Å². The number of benzene rings is 1. The SMILES string of the molecule is O=C(COc1ccc(C(F)(F)F)nc1)NC12CC(NC(=O)COc3ccc4c(c3)OC(F)(F)O4)(C1)C2. The number of amides is 2. The molecule has 36 heavy (non-hydrogen) atoms. The maximum atomic E-state index is 13.1. The molecule has 192 valence electrons. The van der Waals surface area contributed by atoms with Crippen molar-refractivity contribution in [2.75, 3.05) is 13.2 Å². The molecule has 0 saturated heterocycles. The van der Waals surface area contributed by atoms with Crippen molar-refractivity contribution < 1.29 is 50.5 Å². The van der Waals surface area contributed by atoms with Crippen molar-refractivity contribution in [2.45, 2.75) is 42.8 Å². The van der Waals surface area contributed by atoms with Gasteiger partial charge in [-0.15, -0.1) is 8.78 Å². The minimum atomic E-state index is -4.57. The number of aromatic nitrogens is 1. The summed E-state index contributed by atoms with van der Waals surface area (Å²) in [7, 11) is 0. The highest BCUT2D eigenvalue weighted by Gasteiger charge is 2.69. The molecule has 0 radical (unpaired) electrons. The van der Waals surface area contributed by atoms with Crippen LogP contribution >= 0.6 is 0 Å². The zero-order chi connectivity index (χ0) is 25.8. The molecule has 2 N–H and O–H groups in total. The molecule has 0 atom stereocenters. The van der Waals surface area contributed by atoms with Gasteiger partial charge in [0.15, 0.2) is 24.7 Å². The summed E-state index contributed by atoms with van der Waals surface area (Å²) in [6.45, 7) is -0.754. The topological polar surface area (TPSA) is 108 Å². The zero-order valence-electron chi connectivity index (χ0n) is 18.3. The van der Waals surface area contributed by atoms with Gasteiger partial charge in [0, 0.05) is 17.1 Å². The monoisotopic (exact) mass is 515 g/mol. The van der Waals surface area contributed by atoms with Crippen LogP contribution in [-0.4, -0.2) is 47.4 Å². The van der Waals surface area contributed by atoms with E-state index in [1.807, 2.05) is 0 Å². The van der Waals surface area contributed by atoms with Gasteiger partial charge in [0.2, 0.25) is 0 Å². The van der Waals surface area contributed by atoms with Gasteiger partial charge in [-0.2, -0.15) is 13.2 Å². The molecular formula is C22H18F5N3O6. The van der Waals surface area contributed by atoms with Crippen molar-refractivity contribution >= 4 is 11.8 Å². The lowest BCUT2D eigenvalue weighted by Crippen LogP contribution is -2.84. The van der Waals surface area contributed by atoms with E-state index in [0.29, 0.717) is 19.3 Å². The molecule has 9 nitrogen and oxygen atoms in total. The number of fused-ring (bicyclic) bond motifs is 1. The summed E-state index contributed by atoms with van der Waals surface area (Å²) in [5.41, 5.74) is -2.01. The summed E-state index contributed by atoms with van der Waals surface area (Å²) in [6.07, 6.45) is -5.93. The van der Waals surface area contributed by atoms with Gasteiger partial charge in [0.1, 0.15) is 17.2 Å². The standard InChI is InChI=1S/C22H18F5N3O6/c23-21(24,25)16-4-2-13(6-28-16)34-8-18(32)30-20-9-19(10-20,11-20)29-17(31)7-33-12-1-3-14-15(5-12)36-22(26,27)35-14/h1-6H,7-11H2,(H,29,31)(H,30,32). The summed E-state index contributed by atoms with van der Waals surface area (Å²) in [5.74, 6) is -1.04. The van der Waals surface area contributed by atoms with Crippen LogP contribution in [0.4, 0.5) is 22.0 Å². The second kappa shape index (κ2) is 8.10. The van der Waals surface area contributed by atoms with E-state index in [4.69, 9.17) is 9.47 Å². The molecule has 2 heterocycles. The Bertz CT molecular complexity index is 1180. The fourth-order valence-electron chi connectivity index (χ4n) is 4.67. The van der Waals surface area contributed by atoms with E-state index in [1.54, 1.807) is 0 Å². The number of hydrogen-bond acceptors (Lipinski definition) is 7. The van der Waals surface area contributed by atoms with E-state index >= 15 is 0 Å². The second-order valence-electron chi connectivity index (χ2n) is 8.92. The van der Waals surface area contributed by atoms with Gasteiger partial charge in [-0.3, -0.25) is 9.59 Å². The molecule has 0 unspecified atom stereocenters. The van der Waals surface area contributed by atoms with Gasteiger partial charge in [-0.05, 0) is 43.5 Å². The lowest BCUT2D eigenvalue weighted by Gasteiger charge is -2.70. The fourth-order valence-corrected chi connectivity index (χ4v) is 4.67. The Hall–Kier alpha value is -3.84. The first kappa shape index (κ1) is 23.9. The molecule has 3 aliphatic carbocycles. The van der Waals surface area contributed by atoms with Crippen LogP contribution in [0.3, 0.4) is 0 Å². The molecule has 2 amide bonds. The third kappa shape index (κ3) is 4.79. The van der Waals surface area contributed by atoms with Crippen molar-refractivity contribution in [1.82, 2.24) is 15.6 Å². The number of hydrogen-bond donors (Lipinski definition) is 2. The van der Waals surface area contributed by atoms with Crippen LogP contribution in [0.25, 0.3) is 0 Å². The Kier molecular flexibility index (Phi) is 5.37. The Morgan fingerprint density at radius 2 is 1.44 bits per heavy atom. The van der Waals surface area contributed by atoms with Crippen LogP contribution in [0, 0.1) is 0 Å². The Balaban J connectivity index is 1.02. The van der Waals surface area contributed by atoms with Crippen LogP contribution in [0.2, 0.25) is 0 Å². The number of halogens is 5. The van der Waals surface area contributed by atoms with Gasteiger partial charge in [-0.1, -0.05) is 0 Å². The molecule has 14 heteroatoms. The second-order valence-corrected chi connectivity index (χ2v) is 8.92. The average molecular weight is 515 g/mol. The predicted octanol–water partition coefficient (Wildman–Crippen LogP) is 2.79. The molecule has 2 aromatic rings. The first-order valence-corrected chi connectivity index (χ1v) is 10.7. The first-order chi connectivity index (χ1) is 16.8. The Morgan fingerprint density at radius 1 is 0.889 bits per heavy atom. The van der Waals surface area contributed by atoms with Crippen molar-refractivity contribution in [3.05, 3.63) is 42.2 Å². The molecule has 1 aromatic heterocycles. The van der Waals surface area contributed by atoms with Crippen LogP contribution in [0.5, 0.6) is 23.0 Å². The maximum Gasteiger partial charge on any atom is 0.586 e. The van der Waals surface area contributed by atoms with E-state index in [2.05, 4.69) is 25.1 Å². The minimum Gasteiger partial charge on any atom is -0.484 e. The molecule has 3 saturated carbocycles. The van der Waals surface area contributed by atoms with E-state index in [1.165, 1.54) is 18.2 Å². The van der Waals surface area contributed by atoms with E-state index < -0.39 is 47.7 Å². The van der Waals surface area contributed by atoms with Crippen LogP contribution in [-0.2, 0) is 15.8 Å². The minimum absolute atomic E-state index is 0.0238. The lowest BCUT2D eigenvalue weighted by atomic mass is 9.44. The summed E-state index contributed by atoms with van der Waals surface area (Å²) in [6, 6.07) is 5.64. The number of alkyl halides is 5. The largest absolute Gasteiger partial charge is 0.586 e. The molecule has 6 rings (SSSR count). The van der Waals surface area contributed by atoms with Gasteiger partial charge in [-0.25, -0.2) is 4.98 Å². The van der Waals surface area contributed by atoms with Gasteiger partial charge in [0.05, 0.1) is 6.20 Å². The number of rotatable bonds is 8. The zero-order valence-corrected chi connectivity index (χ0v) is 18.3. The van der Waals surface area contributed by atoms with E-state index in [0.717, 1.165) is 18.3 Å². The molecule has 1 aromatic carbocycles. The van der Waals surface area contributed by atoms with Gasteiger partial charge in [0.25, 0.3) is 11.8 Å². The number of nitrogens with one attached hydrogen (secondary N) is 2. The number of carbonyl (C=O) groups excluding carboxylic acids is 2. The van der Waals surface area contributed by atoms with Crippen LogP contribution < -0.4 is 29.6 Å². The summed E-state index contributed by atoms with van der Waals surface area (Å²) >= 11 is 0. The Morgan fingerprint density at radius 3 is 2.00 bits per heavy atom. The summed E-state index contributed by atoms with van der Waals surface area (Å²) < 4.78 is 82.9. The molecule has 2 bridgehead atoms. The van der Waals surface area contributed by atoms with Crippen molar-refractivity contribution in [1.29, 1.82) is 0 Å². The Labute approximate surface area is 199 Å². The highest BCUT2D eigenvalue weighted by molar-refractivity contribution is 5.81. The number of pyridine rings is 1. The van der Waals surface area contributed by atoms with Crippen molar-refractivity contribution in [3.63, 3.8) is 0 Å². The third-order valence-electron chi connectivity index (χ3n) is 5.98. The molecular weight excluding hydrogens is 497 g/mol. The summed E-state index contributed by atoms with van der Waals surface area (Å²) in [5, 5.41) is 5.66. The molecule has 1 aliphatic heterocycles. The summed E-state index contributed by atoms with van der Waals surface area (Å²) in [4.78, 5) is 27.7. The number of ether oxygens (including phenoxy) is 4. The van der Waals surface area contributed by atoms with E-state index in [-0.39, 0.29) is 29.6 Å². The quantitative estimate of drug-likeness (QED) is 0.521. The van der Waals surface area contributed by atoms with Crippen molar-refractivity contribution in [3.8, 4) is 23.0 Å². The highest BCUT2D eigenvalue weighted by Crippen LogP contribution is 2.60. The van der Waals surface area contributed by atoms with Crippen LogP contribution in [0.1, 0.15) is 25.0 Å². The van der Waals surface area contributed by atoms with Crippen LogP contribution in [0.15, 0.2) is 36.5 Å². The smallest absolute Gasteiger partial charge is 0.484 e. The fraction of sp³-hybridized carbons (Fsp3) is 0.409. The van der Waals surface area contributed by atoms with E-state index in [9.17, 15) is 31.5 Å². The predicted molar refractivity (Wildman–Crippen MR) is 108 cm³/mol. The average Bonchev–Trinajstić information content (AvgIpc) is 3.06. The maximum absolute atomic E-state index is 13.1. The number of carbonyl (C=O) groups is 2.